The largest absolute Gasteiger partial charge is 0.366 e. The topological polar surface area (TPSA) is 59.6 Å². The number of nitrogens with one attached hydrogen (secondary N) is 2. The third-order valence-electron chi connectivity index (χ3n) is 5.87. The molecule has 7 nitrogen and oxygen atoms in total. The molecule has 166 valence electrons. The van der Waals surface area contributed by atoms with Gasteiger partial charge in [0.15, 0.2) is 10.9 Å². The molecule has 0 bridgehead atoms. The number of hydrogen-bond donors (Lipinski definition) is 2. The quantitative estimate of drug-likeness (QED) is 0.661. The van der Waals surface area contributed by atoms with Crippen molar-refractivity contribution in [3.8, 4) is 0 Å². The number of piperazine rings is 1. The summed E-state index contributed by atoms with van der Waals surface area (Å²) in [5.74, 6) is 0.643. The Hall–Kier alpha value is -2.52. The molecule has 1 aromatic carbocycles. The van der Waals surface area contributed by atoms with E-state index in [2.05, 4.69) is 35.3 Å². The van der Waals surface area contributed by atoms with Crippen LogP contribution in [-0.4, -0.2) is 72.3 Å². The molecule has 2 aromatic rings. The predicted octanol–water partition coefficient (Wildman–Crippen LogP) is 2.71. The summed E-state index contributed by atoms with van der Waals surface area (Å²) in [6.07, 6.45) is 7.23. The number of hydrogen-bond acceptors (Lipinski definition) is 6. The zero-order chi connectivity index (χ0) is 21.5. The fourth-order valence-electron chi connectivity index (χ4n) is 4.21. The number of thiocarbonyl (C=S) groups is 1. The van der Waals surface area contributed by atoms with Crippen LogP contribution in [0, 0.1) is 5.82 Å². The summed E-state index contributed by atoms with van der Waals surface area (Å²) in [7, 11) is 0. The van der Waals surface area contributed by atoms with E-state index in [1.54, 1.807) is 18.6 Å². The Labute approximate surface area is 188 Å². The van der Waals surface area contributed by atoms with E-state index in [-0.39, 0.29) is 5.82 Å². The molecule has 0 amide bonds. The molecule has 1 aromatic heterocycles. The van der Waals surface area contributed by atoms with E-state index < -0.39 is 0 Å². The number of piperidine rings is 1. The van der Waals surface area contributed by atoms with Crippen molar-refractivity contribution < 1.29 is 4.39 Å². The van der Waals surface area contributed by atoms with Crippen LogP contribution in [0.4, 0.5) is 21.6 Å². The fraction of sp³-hybridized carbons (Fsp3) is 0.500. The Bertz CT molecular complexity index is 866. The molecule has 0 spiro atoms. The monoisotopic (exact) mass is 443 g/mol. The Morgan fingerprint density at radius 1 is 1.00 bits per heavy atom. The lowest BCUT2D eigenvalue weighted by Gasteiger charge is -2.37. The minimum absolute atomic E-state index is 0.179. The van der Waals surface area contributed by atoms with Gasteiger partial charge in [0.2, 0.25) is 0 Å². The van der Waals surface area contributed by atoms with Crippen LogP contribution in [0.1, 0.15) is 19.3 Å². The average Bonchev–Trinajstić information content (AvgIpc) is 2.81. The molecular weight excluding hydrogens is 413 g/mol. The van der Waals surface area contributed by atoms with Gasteiger partial charge in [0.05, 0.1) is 11.9 Å². The number of benzene rings is 1. The molecule has 2 aliphatic rings. The van der Waals surface area contributed by atoms with Gasteiger partial charge in [0, 0.05) is 39.3 Å². The lowest BCUT2D eigenvalue weighted by atomic mass is 10.1. The summed E-state index contributed by atoms with van der Waals surface area (Å²) in [4.78, 5) is 15.4. The van der Waals surface area contributed by atoms with E-state index in [4.69, 9.17) is 12.2 Å². The molecule has 3 heterocycles. The van der Waals surface area contributed by atoms with Crippen molar-refractivity contribution in [3.63, 3.8) is 0 Å². The van der Waals surface area contributed by atoms with Crippen LogP contribution in [0.15, 0.2) is 36.8 Å². The third-order valence-corrected chi connectivity index (χ3v) is 6.12. The molecule has 9 heteroatoms. The molecule has 0 radical (unpaired) electrons. The van der Waals surface area contributed by atoms with Crippen LogP contribution < -0.4 is 20.4 Å². The lowest BCUT2D eigenvalue weighted by molar-refractivity contribution is 0.232. The fourth-order valence-corrected chi connectivity index (χ4v) is 4.42. The number of nitrogens with zero attached hydrogens (tertiary/aromatic N) is 5. The summed E-state index contributed by atoms with van der Waals surface area (Å²) in [6.45, 7) is 7.11. The molecular formula is C22H30FN7S. The molecule has 2 saturated heterocycles. The summed E-state index contributed by atoms with van der Waals surface area (Å²) in [6, 6.07) is 6.93. The van der Waals surface area contributed by atoms with Crippen molar-refractivity contribution in [1.29, 1.82) is 0 Å². The number of rotatable bonds is 6. The van der Waals surface area contributed by atoms with E-state index >= 15 is 0 Å². The Balaban J connectivity index is 1.30. The molecule has 2 aliphatic heterocycles. The molecule has 4 rings (SSSR count). The summed E-state index contributed by atoms with van der Waals surface area (Å²) in [5, 5.41) is 7.14. The first-order chi connectivity index (χ1) is 15.2. The highest BCUT2D eigenvalue weighted by atomic mass is 32.1. The van der Waals surface area contributed by atoms with Crippen LogP contribution in [0.2, 0.25) is 0 Å². The number of halogens is 1. The number of para-hydroxylation sites is 1. The number of aromatic nitrogens is 2. The first-order valence-corrected chi connectivity index (χ1v) is 11.4. The molecule has 0 unspecified atom stereocenters. The normalized spacial score (nSPS) is 17.5. The standard InChI is InChI=1S/C22H30FN7S/c23-18-6-2-3-7-20(18)29-12-14-30(15-13-29)21-19(16-24-17-26-21)27-22(31)25-8-11-28-9-4-1-5-10-28/h2-3,6-7,16-17H,1,4-5,8-15H2,(H2,25,27,31). The molecule has 0 aliphatic carbocycles. The summed E-state index contributed by atoms with van der Waals surface area (Å²) >= 11 is 5.50. The third kappa shape index (κ3) is 5.80. The Morgan fingerprint density at radius 2 is 1.74 bits per heavy atom. The van der Waals surface area contributed by atoms with Gasteiger partial charge in [-0.05, 0) is 50.3 Å². The van der Waals surface area contributed by atoms with Gasteiger partial charge in [-0.15, -0.1) is 0 Å². The van der Waals surface area contributed by atoms with Gasteiger partial charge in [0.25, 0.3) is 0 Å². The van der Waals surface area contributed by atoms with Crippen LogP contribution in [0.5, 0.6) is 0 Å². The summed E-state index contributed by atoms with van der Waals surface area (Å²) < 4.78 is 14.1. The zero-order valence-corrected chi connectivity index (χ0v) is 18.6. The van der Waals surface area contributed by atoms with Crippen LogP contribution in [-0.2, 0) is 0 Å². The Morgan fingerprint density at radius 3 is 2.52 bits per heavy atom. The van der Waals surface area contributed by atoms with Crippen molar-refractivity contribution >= 4 is 34.5 Å². The summed E-state index contributed by atoms with van der Waals surface area (Å²) in [5.41, 5.74) is 1.44. The second-order valence-corrected chi connectivity index (χ2v) is 8.38. The van der Waals surface area contributed by atoms with Gasteiger partial charge < -0.3 is 25.3 Å². The van der Waals surface area contributed by atoms with Gasteiger partial charge in [-0.25, -0.2) is 14.4 Å². The first kappa shape index (κ1) is 21.7. The Kier molecular flexibility index (Phi) is 7.48. The zero-order valence-electron chi connectivity index (χ0n) is 17.8. The van der Waals surface area contributed by atoms with E-state index in [1.165, 1.54) is 38.4 Å². The predicted molar refractivity (Wildman–Crippen MR) is 127 cm³/mol. The first-order valence-electron chi connectivity index (χ1n) is 11.0. The van der Waals surface area contributed by atoms with Crippen molar-refractivity contribution in [2.75, 3.05) is 67.5 Å². The highest BCUT2D eigenvalue weighted by Crippen LogP contribution is 2.25. The maximum Gasteiger partial charge on any atom is 0.170 e. The smallest absolute Gasteiger partial charge is 0.170 e. The number of anilines is 3. The maximum atomic E-state index is 14.1. The maximum absolute atomic E-state index is 14.1. The molecule has 31 heavy (non-hydrogen) atoms. The van der Waals surface area contributed by atoms with Crippen LogP contribution in [0.3, 0.4) is 0 Å². The second kappa shape index (κ2) is 10.7. The van der Waals surface area contributed by atoms with E-state index in [1.807, 2.05) is 12.1 Å². The highest BCUT2D eigenvalue weighted by Gasteiger charge is 2.22. The van der Waals surface area contributed by atoms with Gasteiger partial charge in [0.1, 0.15) is 17.8 Å². The van der Waals surface area contributed by atoms with Gasteiger partial charge in [-0.3, -0.25) is 0 Å². The average molecular weight is 444 g/mol. The molecule has 0 atom stereocenters. The van der Waals surface area contributed by atoms with Crippen LogP contribution >= 0.6 is 12.2 Å². The van der Waals surface area contributed by atoms with Gasteiger partial charge in [-0.2, -0.15) is 0 Å². The van der Waals surface area contributed by atoms with Crippen molar-refractivity contribution in [1.82, 2.24) is 20.2 Å². The van der Waals surface area contributed by atoms with Gasteiger partial charge >= 0.3 is 0 Å². The highest BCUT2D eigenvalue weighted by molar-refractivity contribution is 7.80. The second-order valence-electron chi connectivity index (χ2n) is 7.97. The minimum atomic E-state index is -0.179. The van der Waals surface area contributed by atoms with E-state index in [0.717, 1.165) is 50.8 Å². The van der Waals surface area contributed by atoms with Gasteiger partial charge in [-0.1, -0.05) is 18.6 Å². The van der Waals surface area contributed by atoms with Crippen LogP contribution in [0.25, 0.3) is 0 Å². The van der Waals surface area contributed by atoms with Crippen molar-refractivity contribution in [3.05, 3.63) is 42.6 Å². The van der Waals surface area contributed by atoms with E-state index in [9.17, 15) is 4.39 Å². The lowest BCUT2D eigenvalue weighted by Crippen LogP contribution is -2.47. The van der Waals surface area contributed by atoms with Crippen molar-refractivity contribution in [2.45, 2.75) is 19.3 Å². The molecule has 0 saturated carbocycles. The minimum Gasteiger partial charge on any atom is -0.366 e. The van der Waals surface area contributed by atoms with Crippen molar-refractivity contribution in [2.24, 2.45) is 0 Å². The SMILES string of the molecule is Fc1ccccc1N1CCN(c2ncncc2NC(=S)NCCN2CCCCC2)CC1. The molecule has 2 N–H and O–H groups in total. The van der Waals surface area contributed by atoms with E-state index in [0.29, 0.717) is 10.8 Å². The number of likely N-dealkylation sites (tertiary alicyclic amines) is 1. The molecule has 2 fully saturated rings.